The molecule has 0 saturated carbocycles. The van der Waals surface area contributed by atoms with E-state index in [2.05, 4.69) is 10.3 Å². The summed E-state index contributed by atoms with van der Waals surface area (Å²) in [7, 11) is -3.71. The van der Waals surface area contributed by atoms with E-state index in [4.69, 9.17) is 9.84 Å². The van der Waals surface area contributed by atoms with Crippen molar-refractivity contribution in [3.8, 4) is 0 Å². The fraction of sp³-hybridized carbons (Fsp3) is 0.400. The molecule has 0 radical (unpaired) electrons. The Morgan fingerprint density at radius 2 is 2.00 bits per heavy atom. The zero-order valence-electron chi connectivity index (χ0n) is 16.3. The standard InChI is InChI=1S/C20H24FN3O5S/c21-18-6-2-1-4-16(18)13-29-17-7-10-24(11-8-17)30(27,28)14-19(23-20(25)26)15-5-3-9-22-12-15/h1-6,9,12,17,19,23H,7-8,10-11,13-14H2,(H,25,26)/t19-/m0/s1. The highest BCUT2D eigenvalue weighted by atomic mass is 32.2. The van der Waals surface area contributed by atoms with Crippen LogP contribution in [0.3, 0.4) is 0 Å². The van der Waals surface area contributed by atoms with Crippen molar-refractivity contribution in [3.05, 3.63) is 65.7 Å². The second-order valence-electron chi connectivity index (χ2n) is 7.07. The molecule has 1 aliphatic heterocycles. The summed E-state index contributed by atoms with van der Waals surface area (Å²) in [6.45, 7) is 0.657. The molecule has 0 spiro atoms. The van der Waals surface area contributed by atoms with Crippen molar-refractivity contribution in [1.82, 2.24) is 14.6 Å². The first-order valence-electron chi connectivity index (χ1n) is 9.57. The molecule has 2 aromatic rings. The maximum absolute atomic E-state index is 13.7. The van der Waals surface area contributed by atoms with Gasteiger partial charge in [0.05, 0.1) is 24.5 Å². The molecule has 0 bridgehead atoms. The largest absolute Gasteiger partial charge is 0.465 e. The molecular weight excluding hydrogens is 413 g/mol. The average Bonchev–Trinajstić information content (AvgIpc) is 2.73. The molecule has 1 aromatic carbocycles. The molecule has 2 heterocycles. The second-order valence-corrected chi connectivity index (χ2v) is 9.08. The summed E-state index contributed by atoms with van der Waals surface area (Å²) in [6, 6.07) is 8.71. The first-order valence-corrected chi connectivity index (χ1v) is 11.2. The van der Waals surface area contributed by atoms with Crippen LogP contribution in [0, 0.1) is 5.82 Å². The first-order chi connectivity index (χ1) is 14.3. The average molecular weight is 437 g/mol. The second kappa shape index (κ2) is 9.96. The quantitative estimate of drug-likeness (QED) is 0.657. The van der Waals surface area contributed by atoms with E-state index in [-0.39, 0.29) is 31.6 Å². The zero-order valence-corrected chi connectivity index (χ0v) is 17.1. The van der Waals surface area contributed by atoms with Gasteiger partial charge in [0.2, 0.25) is 10.0 Å². The highest BCUT2D eigenvalue weighted by Crippen LogP contribution is 2.22. The van der Waals surface area contributed by atoms with E-state index in [1.54, 1.807) is 30.3 Å². The summed E-state index contributed by atoms with van der Waals surface area (Å²) < 4.78 is 46.5. The van der Waals surface area contributed by atoms with Gasteiger partial charge in [-0.2, -0.15) is 0 Å². The van der Waals surface area contributed by atoms with Crippen LogP contribution in [0.5, 0.6) is 0 Å². The number of halogens is 1. The number of nitrogens with one attached hydrogen (secondary N) is 1. The Hall–Kier alpha value is -2.56. The number of carbonyl (C=O) groups is 1. The molecule has 0 unspecified atom stereocenters. The van der Waals surface area contributed by atoms with Crippen LogP contribution in [0.4, 0.5) is 9.18 Å². The van der Waals surface area contributed by atoms with E-state index >= 15 is 0 Å². The van der Waals surface area contributed by atoms with Gasteiger partial charge in [0.15, 0.2) is 0 Å². The third-order valence-electron chi connectivity index (χ3n) is 4.99. The molecule has 1 aromatic heterocycles. The number of carboxylic acid groups (broad SMARTS) is 1. The Bertz CT molecular complexity index is 950. The number of nitrogens with zero attached hydrogens (tertiary/aromatic N) is 2. The van der Waals surface area contributed by atoms with Crippen molar-refractivity contribution in [3.63, 3.8) is 0 Å². The lowest BCUT2D eigenvalue weighted by Gasteiger charge is -2.32. The van der Waals surface area contributed by atoms with E-state index in [0.29, 0.717) is 24.0 Å². The van der Waals surface area contributed by atoms with E-state index in [1.807, 2.05) is 0 Å². The maximum atomic E-state index is 13.7. The van der Waals surface area contributed by atoms with Gasteiger partial charge < -0.3 is 15.2 Å². The van der Waals surface area contributed by atoms with Crippen molar-refractivity contribution in [2.45, 2.75) is 31.6 Å². The number of pyridine rings is 1. The summed E-state index contributed by atoms with van der Waals surface area (Å²) in [5.41, 5.74) is 0.943. The van der Waals surface area contributed by atoms with E-state index in [0.717, 1.165) is 0 Å². The third-order valence-corrected chi connectivity index (χ3v) is 6.89. The maximum Gasteiger partial charge on any atom is 0.405 e. The summed E-state index contributed by atoms with van der Waals surface area (Å²) in [4.78, 5) is 15.1. The Kier molecular flexibility index (Phi) is 7.35. The number of benzene rings is 1. The van der Waals surface area contributed by atoms with Crippen molar-refractivity contribution >= 4 is 16.1 Å². The van der Waals surface area contributed by atoms with Crippen molar-refractivity contribution in [1.29, 1.82) is 0 Å². The molecule has 0 aliphatic carbocycles. The SMILES string of the molecule is O=C(O)N[C@@H](CS(=O)(=O)N1CCC(OCc2ccccc2F)CC1)c1cccnc1. The van der Waals surface area contributed by atoms with Gasteiger partial charge in [-0.05, 0) is 30.5 Å². The van der Waals surface area contributed by atoms with Gasteiger partial charge in [0, 0.05) is 31.0 Å². The zero-order chi connectivity index (χ0) is 21.6. The topological polar surface area (TPSA) is 109 Å². The Balaban J connectivity index is 1.56. The smallest absolute Gasteiger partial charge is 0.405 e. The molecule has 1 atom stereocenters. The van der Waals surface area contributed by atoms with E-state index < -0.39 is 27.9 Å². The Morgan fingerprint density at radius 3 is 2.63 bits per heavy atom. The molecule has 8 nitrogen and oxygen atoms in total. The number of hydrogen-bond donors (Lipinski definition) is 2. The lowest BCUT2D eigenvalue weighted by molar-refractivity contribution is 0.00901. The van der Waals surface area contributed by atoms with Gasteiger partial charge in [0.25, 0.3) is 0 Å². The monoisotopic (exact) mass is 437 g/mol. The number of piperidine rings is 1. The highest BCUT2D eigenvalue weighted by Gasteiger charge is 2.31. The van der Waals surface area contributed by atoms with Gasteiger partial charge in [-0.3, -0.25) is 4.98 Å². The van der Waals surface area contributed by atoms with Crippen molar-refractivity contribution in [2.75, 3.05) is 18.8 Å². The molecule has 30 heavy (non-hydrogen) atoms. The van der Waals surface area contributed by atoms with Crippen LogP contribution in [-0.2, 0) is 21.4 Å². The number of sulfonamides is 1. The predicted molar refractivity (Wildman–Crippen MR) is 108 cm³/mol. The van der Waals surface area contributed by atoms with Gasteiger partial charge in [0.1, 0.15) is 5.82 Å². The molecule has 162 valence electrons. The fourth-order valence-corrected chi connectivity index (χ4v) is 5.04. The number of hydrogen-bond acceptors (Lipinski definition) is 5. The molecule has 1 aliphatic rings. The van der Waals surface area contributed by atoms with Crippen LogP contribution in [0.25, 0.3) is 0 Å². The molecule has 1 amide bonds. The van der Waals surface area contributed by atoms with Gasteiger partial charge in [-0.15, -0.1) is 0 Å². The van der Waals surface area contributed by atoms with Crippen LogP contribution in [0.1, 0.15) is 30.0 Å². The Labute approximate surface area is 174 Å². The normalized spacial score (nSPS) is 16.8. The van der Waals surface area contributed by atoms with E-state index in [9.17, 15) is 17.6 Å². The number of aromatic nitrogens is 1. The van der Waals surface area contributed by atoms with Crippen LogP contribution >= 0.6 is 0 Å². The molecule has 2 N–H and O–H groups in total. The lowest BCUT2D eigenvalue weighted by atomic mass is 10.1. The molecule has 3 rings (SSSR count). The van der Waals surface area contributed by atoms with E-state index in [1.165, 1.54) is 22.8 Å². The number of amides is 1. The number of ether oxygens (including phenoxy) is 1. The predicted octanol–water partition coefficient (Wildman–Crippen LogP) is 2.54. The first kappa shape index (κ1) is 22.1. The molecular formula is C20H24FN3O5S. The van der Waals surface area contributed by atoms with Crippen LogP contribution in [0.2, 0.25) is 0 Å². The number of rotatable bonds is 8. The minimum Gasteiger partial charge on any atom is -0.465 e. The Morgan fingerprint density at radius 1 is 1.27 bits per heavy atom. The van der Waals surface area contributed by atoms with Crippen LogP contribution in [0.15, 0.2) is 48.8 Å². The highest BCUT2D eigenvalue weighted by molar-refractivity contribution is 7.89. The molecule has 10 heteroatoms. The minimum atomic E-state index is -3.71. The molecule has 1 fully saturated rings. The van der Waals surface area contributed by atoms with Gasteiger partial charge in [-0.25, -0.2) is 21.9 Å². The van der Waals surface area contributed by atoms with Crippen LogP contribution < -0.4 is 5.32 Å². The summed E-state index contributed by atoms with van der Waals surface area (Å²) in [5.74, 6) is -0.726. The van der Waals surface area contributed by atoms with Crippen molar-refractivity contribution in [2.24, 2.45) is 0 Å². The fourth-order valence-electron chi connectivity index (χ4n) is 3.37. The summed E-state index contributed by atoms with van der Waals surface area (Å²) >= 11 is 0. The molecule has 1 saturated heterocycles. The summed E-state index contributed by atoms with van der Waals surface area (Å²) in [5, 5.41) is 11.3. The third kappa shape index (κ3) is 5.97. The van der Waals surface area contributed by atoms with Crippen LogP contribution in [-0.4, -0.2) is 53.9 Å². The van der Waals surface area contributed by atoms with Gasteiger partial charge >= 0.3 is 6.09 Å². The summed E-state index contributed by atoms with van der Waals surface area (Å²) in [6.07, 6.45) is 2.47. The van der Waals surface area contributed by atoms with Crippen molar-refractivity contribution < 1.29 is 27.4 Å². The lowest BCUT2D eigenvalue weighted by Crippen LogP contribution is -2.44. The minimum absolute atomic E-state index is 0.135. The van der Waals surface area contributed by atoms with Gasteiger partial charge in [-0.1, -0.05) is 24.3 Å².